The largest absolute Gasteiger partial charge is 0.377 e. The summed E-state index contributed by atoms with van der Waals surface area (Å²) in [4.78, 5) is 0. The van der Waals surface area contributed by atoms with Crippen molar-refractivity contribution in [2.45, 2.75) is 89.4 Å². The van der Waals surface area contributed by atoms with Gasteiger partial charge in [-0.2, -0.15) is 0 Å². The second-order valence-corrected chi connectivity index (χ2v) is 6.73. The highest BCUT2D eigenvalue weighted by atomic mass is 16.5. The molecule has 0 radical (unpaired) electrons. The molecule has 6 heteroatoms. The summed E-state index contributed by atoms with van der Waals surface area (Å²) in [6.07, 6.45) is 10.1. The molecule has 0 aromatic carbocycles. The van der Waals surface area contributed by atoms with Gasteiger partial charge in [-0.3, -0.25) is 0 Å². The van der Waals surface area contributed by atoms with Crippen molar-refractivity contribution in [2.24, 2.45) is 0 Å². The number of ether oxygens (including phenoxy) is 1. The molecule has 0 amide bonds. The maximum atomic E-state index is 5.85. The van der Waals surface area contributed by atoms with Gasteiger partial charge in [0.1, 0.15) is 0 Å². The van der Waals surface area contributed by atoms with Crippen molar-refractivity contribution >= 4 is 0 Å². The lowest BCUT2D eigenvalue weighted by atomic mass is 9.95. The molecule has 1 aromatic heterocycles. The summed E-state index contributed by atoms with van der Waals surface area (Å²) in [6.45, 7) is 5.29. The van der Waals surface area contributed by atoms with Crippen LogP contribution in [0.1, 0.15) is 83.1 Å². The molecule has 2 heterocycles. The SMILES string of the molecule is CC[C@H](N[C@H](C)c1nnnn1C1CCCCC1)[C@@H]1CCCO1. The van der Waals surface area contributed by atoms with Crippen LogP contribution >= 0.6 is 0 Å². The third-order valence-corrected chi connectivity index (χ3v) is 5.14. The van der Waals surface area contributed by atoms with Gasteiger partial charge in [-0.05, 0) is 49.5 Å². The standard InChI is InChI=1S/C16H29N5O/c1-3-14(15-10-7-11-22-15)17-12(2)16-18-19-20-21(16)13-8-5-4-6-9-13/h12-15,17H,3-11H2,1-2H3/t12-,14+,15+/m1/s1. The Hall–Kier alpha value is -1.01. The maximum Gasteiger partial charge on any atom is 0.168 e. The van der Waals surface area contributed by atoms with Crippen LogP contribution in [0.15, 0.2) is 0 Å². The minimum atomic E-state index is 0.158. The molecule has 124 valence electrons. The third-order valence-electron chi connectivity index (χ3n) is 5.14. The van der Waals surface area contributed by atoms with E-state index in [-0.39, 0.29) is 6.04 Å². The average Bonchev–Trinajstić information content (AvgIpc) is 3.24. The fourth-order valence-electron chi connectivity index (χ4n) is 3.87. The molecule has 1 saturated carbocycles. The van der Waals surface area contributed by atoms with Crippen LogP contribution in [-0.4, -0.2) is 39.0 Å². The fraction of sp³-hybridized carbons (Fsp3) is 0.938. The molecule has 0 spiro atoms. The zero-order valence-corrected chi connectivity index (χ0v) is 13.9. The molecule has 22 heavy (non-hydrogen) atoms. The van der Waals surface area contributed by atoms with Crippen LogP contribution in [0.4, 0.5) is 0 Å². The molecule has 2 aliphatic rings. The van der Waals surface area contributed by atoms with Crippen LogP contribution in [0.3, 0.4) is 0 Å². The van der Waals surface area contributed by atoms with Crippen LogP contribution in [0.2, 0.25) is 0 Å². The Balaban J connectivity index is 1.66. The Morgan fingerprint density at radius 3 is 2.73 bits per heavy atom. The molecule has 1 aliphatic carbocycles. The number of tetrazole rings is 1. The lowest BCUT2D eigenvalue weighted by molar-refractivity contribution is 0.0727. The second-order valence-electron chi connectivity index (χ2n) is 6.73. The molecule has 1 N–H and O–H groups in total. The number of hydrogen-bond donors (Lipinski definition) is 1. The first kappa shape index (κ1) is 15.9. The molecule has 0 unspecified atom stereocenters. The lowest BCUT2D eigenvalue weighted by Crippen LogP contribution is -2.41. The molecule has 3 atom stereocenters. The van der Waals surface area contributed by atoms with Crippen LogP contribution in [0.25, 0.3) is 0 Å². The minimum absolute atomic E-state index is 0.158. The zero-order chi connectivity index (χ0) is 15.4. The Morgan fingerprint density at radius 1 is 1.23 bits per heavy atom. The number of hydrogen-bond acceptors (Lipinski definition) is 5. The third kappa shape index (κ3) is 3.49. The van der Waals surface area contributed by atoms with E-state index in [0.29, 0.717) is 18.2 Å². The van der Waals surface area contributed by atoms with E-state index in [2.05, 4.69) is 39.4 Å². The summed E-state index contributed by atoms with van der Waals surface area (Å²) in [5, 5.41) is 16.2. The minimum Gasteiger partial charge on any atom is -0.377 e. The maximum absolute atomic E-state index is 5.85. The van der Waals surface area contributed by atoms with E-state index < -0.39 is 0 Å². The zero-order valence-electron chi connectivity index (χ0n) is 13.9. The first-order valence-electron chi connectivity index (χ1n) is 8.95. The average molecular weight is 307 g/mol. The molecular formula is C16H29N5O. The van der Waals surface area contributed by atoms with Gasteiger partial charge in [0, 0.05) is 12.6 Å². The van der Waals surface area contributed by atoms with Crippen LogP contribution in [-0.2, 0) is 4.74 Å². The smallest absolute Gasteiger partial charge is 0.168 e. The van der Waals surface area contributed by atoms with Crippen molar-refractivity contribution in [3.8, 4) is 0 Å². The summed E-state index contributed by atoms with van der Waals surface area (Å²) in [6, 6.07) is 1.02. The fourth-order valence-corrected chi connectivity index (χ4v) is 3.87. The first-order valence-corrected chi connectivity index (χ1v) is 8.95. The van der Waals surface area contributed by atoms with Crippen LogP contribution in [0.5, 0.6) is 0 Å². The van der Waals surface area contributed by atoms with Gasteiger partial charge in [0.2, 0.25) is 0 Å². The molecule has 1 saturated heterocycles. The number of rotatable bonds is 6. The number of nitrogens with one attached hydrogen (secondary N) is 1. The van der Waals surface area contributed by atoms with Crippen molar-refractivity contribution in [1.29, 1.82) is 0 Å². The van der Waals surface area contributed by atoms with E-state index in [1.807, 2.05) is 0 Å². The first-order chi connectivity index (χ1) is 10.8. The van der Waals surface area contributed by atoms with Gasteiger partial charge in [0.15, 0.2) is 5.82 Å². The molecular weight excluding hydrogens is 278 g/mol. The molecule has 1 aromatic rings. The molecule has 6 nitrogen and oxygen atoms in total. The van der Waals surface area contributed by atoms with Crippen LogP contribution in [0, 0.1) is 0 Å². The van der Waals surface area contributed by atoms with E-state index >= 15 is 0 Å². The molecule has 1 aliphatic heterocycles. The van der Waals surface area contributed by atoms with Crippen molar-refractivity contribution in [1.82, 2.24) is 25.5 Å². The monoisotopic (exact) mass is 307 g/mol. The van der Waals surface area contributed by atoms with E-state index in [1.165, 1.54) is 38.5 Å². The second kappa shape index (κ2) is 7.51. The van der Waals surface area contributed by atoms with Crippen molar-refractivity contribution in [3.05, 3.63) is 5.82 Å². The predicted molar refractivity (Wildman–Crippen MR) is 84.5 cm³/mol. The number of nitrogens with zero attached hydrogens (tertiary/aromatic N) is 4. The highest BCUT2D eigenvalue weighted by Crippen LogP contribution is 2.29. The molecule has 3 rings (SSSR count). The quantitative estimate of drug-likeness (QED) is 0.875. The van der Waals surface area contributed by atoms with E-state index in [4.69, 9.17) is 4.74 Å². The Bertz CT molecular complexity index is 451. The van der Waals surface area contributed by atoms with Gasteiger partial charge in [-0.1, -0.05) is 26.2 Å². The normalized spacial score (nSPS) is 26.2. The lowest BCUT2D eigenvalue weighted by Gasteiger charge is -2.28. The highest BCUT2D eigenvalue weighted by molar-refractivity contribution is 4.95. The Kier molecular flexibility index (Phi) is 5.41. The topological polar surface area (TPSA) is 64.9 Å². The Morgan fingerprint density at radius 2 is 2.05 bits per heavy atom. The van der Waals surface area contributed by atoms with E-state index in [9.17, 15) is 0 Å². The molecule has 2 fully saturated rings. The summed E-state index contributed by atoms with van der Waals surface area (Å²) < 4.78 is 7.92. The van der Waals surface area contributed by atoms with Gasteiger partial charge in [0.05, 0.1) is 18.2 Å². The summed E-state index contributed by atoms with van der Waals surface area (Å²) in [7, 11) is 0. The van der Waals surface area contributed by atoms with Crippen molar-refractivity contribution in [2.75, 3.05) is 6.61 Å². The van der Waals surface area contributed by atoms with Gasteiger partial charge in [-0.15, -0.1) is 5.10 Å². The van der Waals surface area contributed by atoms with Crippen molar-refractivity contribution < 1.29 is 4.74 Å². The Labute approximate surface area is 133 Å². The number of aromatic nitrogens is 4. The van der Waals surface area contributed by atoms with Gasteiger partial charge < -0.3 is 10.1 Å². The van der Waals surface area contributed by atoms with Crippen LogP contribution < -0.4 is 5.32 Å². The van der Waals surface area contributed by atoms with Gasteiger partial charge >= 0.3 is 0 Å². The summed E-state index contributed by atoms with van der Waals surface area (Å²) >= 11 is 0. The highest BCUT2D eigenvalue weighted by Gasteiger charge is 2.28. The predicted octanol–water partition coefficient (Wildman–Crippen LogP) is 2.79. The summed E-state index contributed by atoms with van der Waals surface area (Å²) in [5.41, 5.74) is 0. The summed E-state index contributed by atoms with van der Waals surface area (Å²) in [5.74, 6) is 0.975. The van der Waals surface area contributed by atoms with Gasteiger partial charge in [-0.25, -0.2) is 4.68 Å². The van der Waals surface area contributed by atoms with E-state index in [1.54, 1.807) is 0 Å². The molecule has 0 bridgehead atoms. The van der Waals surface area contributed by atoms with E-state index in [0.717, 1.165) is 25.3 Å². The van der Waals surface area contributed by atoms with Gasteiger partial charge in [0.25, 0.3) is 0 Å². The van der Waals surface area contributed by atoms with Crippen molar-refractivity contribution in [3.63, 3.8) is 0 Å².